The lowest BCUT2D eigenvalue weighted by molar-refractivity contribution is -0.137. The largest absolute Gasteiger partial charge is 0.416 e. The predicted octanol–water partition coefficient (Wildman–Crippen LogP) is 5.46. The normalized spacial score (nSPS) is 18.2. The molecule has 3 aromatic heterocycles. The van der Waals surface area contributed by atoms with Gasteiger partial charge in [0.2, 0.25) is 0 Å². The third-order valence-corrected chi connectivity index (χ3v) is 6.14. The molecule has 9 heteroatoms. The SMILES string of the molecule is FC(F)(F)c1cccc(-n2cccc2[C@@H]2[C@H](c3ccccn3)NC(=S)N2Cc2ccccn2)c1. The van der Waals surface area contributed by atoms with Gasteiger partial charge in [0.05, 0.1) is 35.6 Å². The molecule has 4 heterocycles. The smallest absolute Gasteiger partial charge is 0.352 e. The van der Waals surface area contributed by atoms with E-state index in [1.54, 1.807) is 29.2 Å². The zero-order chi connectivity index (χ0) is 23.7. The van der Waals surface area contributed by atoms with Crippen molar-refractivity contribution in [3.8, 4) is 5.69 Å². The van der Waals surface area contributed by atoms with E-state index in [0.717, 1.165) is 29.2 Å². The Balaban J connectivity index is 1.60. The number of aromatic nitrogens is 3. The Labute approximate surface area is 199 Å². The van der Waals surface area contributed by atoms with Crippen LogP contribution in [0.4, 0.5) is 13.2 Å². The molecule has 0 amide bonds. The molecular weight excluding hydrogens is 459 g/mol. The molecule has 0 bridgehead atoms. The summed E-state index contributed by atoms with van der Waals surface area (Å²) in [7, 11) is 0. The van der Waals surface area contributed by atoms with E-state index < -0.39 is 11.7 Å². The Morgan fingerprint density at radius 1 is 0.912 bits per heavy atom. The quantitative estimate of drug-likeness (QED) is 0.385. The maximum atomic E-state index is 13.4. The van der Waals surface area contributed by atoms with Crippen molar-refractivity contribution in [1.82, 2.24) is 24.8 Å². The lowest BCUT2D eigenvalue weighted by Gasteiger charge is -2.28. The lowest BCUT2D eigenvalue weighted by atomic mass is 10.0. The van der Waals surface area contributed by atoms with Gasteiger partial charge in [0.25, 0.3) is 0 Å². The zero-order valence-corrected chi connectivity index (χ0v) is 18.7. The van der Waals surface area contributed by atoms with E-state index in [0.29, 0.717) is 17.3 Å². The summed E-state index contributed by atoms with van der Waals surface area (Å²) in [4.78, 5) is 11.0. The van der Waals surface area contributed by atoms with Crippen LogP contribution in [0.5, 0.6) is 0 Å². The monoisotopic (exact) mass is 479 g/mol. The van der Waals surface area contributed by atoms with Crippen LogP contribution in [0.1, 0.15) is 34.7 Å². The maximum Gasteiger partial charge on any atom is 0.416 e. The van der Waals surface area contributed by atoms with Gasteiger partial charge in [-0.15, -0.1) is 0 Å². The Bertz CT molecular complexity index is 1290. The van der Waals surface area contributed by atoms with E-state index in [9.17, 15) is 13.2 Å². The second-order valence-corrected chi connectivity index (χ2v) is 8.31. The molecule has 1 N–H and O–H groups in total. The molecule has 0 saturated carbocycles. The number of halogens is 3. The first-order valence-electron chi connectivity index (χ1n) is 10.6. The molecule has 1 aliphatic rings. The van der Waals surface area contributed by atoms with Crippen LogP contribution in [0.25, 0.3) is 5.69 Å². The van der Waals surface area contributed by atoms with E-state index in [2.05, 4.69) is 15.3 Å². The van der Waals surface area contributed by atoms with Crippen LogP contribution in [-0.4, -0.2) is 24.5 Å². The Morgan fingerprint density at radius 3 is 2.41 bits per heavy atom. The number of hydrogen-bond acceptors (Lipinski definition) is 3. The zero-order valence-electron chi connectivity index (χ0n) is 17.9. The molecule has 4 aromatic rings. The minimum Gasteiger partial charge on any atom is -0.352 e. The fourth-order valence-corrected chi connectivity index (χ4v) is 4.57. The molecule has 1 aromatic carbocycles. The van der Waals surface area contributed by atoms with E-state index in [4.69, 9.17) is 12.2 Å². The number of nitrogens with one attached hydrogen (secondary N) is 1. The highest BCUT2D eigenvalue weighted by Crippen LogP contribution is 2.40. The number of nitrogens with zero attached hydrogens (tertiary/aromatic N) is 4. The maximum absolute atomic E-state index is 13.4. The van der Waals surface area contributed by atoms with Crippen molar-refractivity contribution in [1.29, 1.82) is 0 Å². The molecular formula is C25H20F3N5S. The molecule has 0 spiro atoms. The van der Waals surface area contributed by atoms with Crippen LogP contribution in [0.2, 0.25) is 0 Å². The standard InChI is InChI=1S/C25H20F3N5S/c26-25(27,28)17-7-5-9-19(15-17)32-14-6-11-21(32)23-22(20-10-2-4-13-30-20)31-24(34)33(23)16-18-8-1-3-12-29-18/h1-15,22-23H,16H2,(H,31,34)/t22-,23+/m0/s1. The Morgan fingerprint density at radius 2 is 1.71 bits per heavy atom. The van der Waals surface area contributed by atoms with Gasteiger partial charge < -0.3 is 14.8 Å². The Kier molecular flexibility index (Phi) is 5.79. The van der Waals surface area contributed by atoms with Crippen LogP contribution >= 0.6 is 12.2 Å². The number of benzene rings is 1. The fourth-order valence-electron chi connectivity index (χ4n) is 4.27. The molecule has 0 unspecified atom stereocenters. The third-order valence-electron chi connectivity index (χ3n) is 5.79. The summed E-state index contributed by atoms with van der Waals surface area (Å²) in [5.41, 5.74) is 2.13. The molecule has 0 radical (unpaired) electrons. The number of thiocarbonyl (C=S) groups is 1. The fraction of sp³-hybridized carbons (Fsp3) is 0.160. The van der Waals surface area contributed by atoms with Crippen molar-refractivity contribution in [2.24, 2.45) is 0 Å². The number of alkyl halides is 3. The summed E-state index contributed by atoms with van der Waals surface area (Å²) in [5, 5.41) is 3.90. The molecule has 1 saturated heterocycles. The minimum absolute atomic E-state index is 0.295. The minimum atomic E-state index is -4.43. The molecule has 5 nitrogen and oxygen atoms in total. The molecule has 1 aliphatic heterocycles. The number of rotatable bonds is 5. The summed E-state index contributed by atoms with van der Waals surface area (Å²) in [6.45, 7) is 0.439. The van der Waals surface area contributed by atoms with Crippen LogP contribution in [0, 0.1) is 0 Å². The van der Waals surface area contributed by atoms with Gasteiger partial charge in [-0.25, -0.2) is 0 Å². The average Bonchev–Trinajstić information content (AvgIpc) is 3.45. The summed E-state index contributed by atoms with van der Waals surface area (Å²) in [6, 6.07) is 19.7. The molecule has 172 valence electrons. The van der Waals surface area contributed by atoms with Gasteiger partial charge in [0.15, 0.2) is 5.11 Å². The van der Waals surface area contributed by atoms with Crippen molar-refractivity contribution >= 4 is 17.3 Å². The highest BCUT2D eigenvalue weighted by molar-refractivity contribution is 7.80. The van der Waals surface area contributed by atoms with Crippen molar-refractivity contribution in [3.05, 3.63) is 114 Å². The topological polar surface area (TPSA) is 46.0 Å². The van der Waals surface area contributed by atoms with E-state index in [-0.39, 0.29) is 12.1 Å². The number of pyridine rings is 2. The predicted molar refractivity (Wildman–Crippen MR) is 126 cm³/mol. The van der Waals surface area contributed by atoms with Crippen LogP contribution in [-0.2, 0) is 12.7 Å². The summed E-state index contributed by atoms with van der Waals surface area (Å²) >= 11 is 5.70. The van der Waals surface area contributed by atoms with E-state index in [1.807, 2.05) is 53.4 Å². The second kappa shape index (κ2) is 8.90. The van der Waals surface area contributed by atoms with Gasteiger partial charge in [-0.3, -0.25) is 9.97 Å². The van der Waals surface area contributed by atoms with Gasteiger partial charge in [-0.1, -0.05) is 18.2 Å². The first-order valence-corrected chi connectivity index (χ1v) is 11.1. The summed E-state index contributed by atoms with van der Waals surface area (Å²) < 4.78 is 41.9. The van der Waals surface area contributed by atoms with Gasteiger partial charge >= 0.3 is 6.18 Å². The van der Waals surface area contributed by atoms with Crippen molar-refractivity contribution in [3.63, 3.8) is 0 Å². The van der Waals surface area contributed by atoms with Gasteiger partial charge in [-0.05, 0) is 66.8 Å². The van der Waals surface area contributed by atoms with Crippen molar-refractivity contribution in [2.75, 3.05) is 0 Å². The van der Waals surface area contributed by atoms with E-state index >= 15 is 0 Å². The Hall–Kier alpha value is -3.72. The number of hydrogen-bond donors (Lipinski definition) is 1. The summed E-state index contributed by atoms with van der Waals surface area (Å²) in [6.07, 6.45) is 0.769. The highest BCUT2D eigenvalue weighted by Gasteiger charge is 2.41. The molecule has 1 fully saturated rings. The first kappa shape index (κ1) is 22.1. The second-order valence-electron chi connectivity index (χ2n) is 7.93. The highest BCUT2D eigenvalue weighted by atomic mass is 32.1. The first-order chi connectivity index (χ1) is 16.4. The average molecular weight is 480 g/mol. The third kappa shape index (κ3) is 4.26. The molecule has 0 aliphatic carbocycles. The van der Waals surface area contributed by atoms with Crippen LogP contribution in [0.3, 0.4) is 0 Å². The van der Waals surface area contributed by atoms with Crippen LogP contribution in [0.15, 0.2) is 91.4 Å². The molecule has 5 rings (SSSR count). The van der Waals surface area contributed by atoms with Crippen molar-refractivity contribution in [2.45, 2.75) is 24.8 Å². The van der Waals surface area contributed by atoms with Gasteiger partial charge in [0, 0.05) is 30.0 Å². The van der Waals surface area contributed by atoms with Crippen LogP contribution < -0.4 is 5.32 Å². The van der Waals surface area contributed by atoms with Gasteiger partial charge in [-0.2, -0.15) is 13.2 Å². The van der Waals surface area contributed by atoms with Crippen molar-refractivity contribution < 1.29 is 13.2 Å². The summed E-state index contributed by atoms with van der Waals surface area (Å²) in [5.74, 6) is 0. The lowest BCUT2D eigenvalue weighted by Crippen LogP contribution is -2.30. The van der Waals surface area contributed by atoms with E-state index in [1.165, 1.54) is 6.07 Å². The molecule has 34 heavy (non-hydrogen) atoms. The molecule has 2 atom stereocenters. The van der Waals surface area contributed by atoms with Gasteiger partial charge in [0.1, 0.15) is 0 Å².